The number of rotatable bonds is 6. The zero-order chi connectivity index (χ0) is 23.6. The molecular formula is C28H25NO5. The highest BCUT2D eigenvalue weighted by Crippen LogP contribution is 2.65. The van der Waals surface area contributed by atoms with Crippen molar-refractivity contribution in [3.8, 4) is 0 Å². The molecule has 0 aromatic heterocycles. The average Bonchev–Trinajstić information content (AvgIpc) is 3.65. The summed E-state index contributed by atoms with van der Waals surface area (Å²) in [5.41, 5.74) is 0.825. The minimum absolute atomic E-state index is 0.105. The molecule has 2 bridgehead atoms. The fourth-order valence-corrected chi connectivity index (χ4v) is 6.34. The van der Waals surface area contributed by atoms with Gasteiger partial charge in [-0.1, -0.05) is 61.5 Å². The van der Waals surface area contributed by atoms with Gasteiger partial charge in [-0.15, -0.1) is 0 Å². The molecule has 2 aromatic rings. The van der Waals surface area contributed by atoms with Crippen LogP contribution in [0.3, 0.4) is 0 Å². The van der Waals surface area contributed by atoms with E-state index in [1.807, 2.05) is 6.07 Å². The number of ketones is 1. The van der Waals surface area contributed by atoms with E-state index in [-0.39, 0.29) is 52.5 Å². The molecule has 2 aromatic carbocycles. The summed E-state index contributed by atoms with van der Waals surface area (Å²) in [5.74, 6) is -0.940. The third kappa shape index (κ3) is 3.01. The van der Waals surface area contributed by atoms with Gasteiger partial charge < -0.3 is 4.74 Å². The van der Waals surface area contributed by atoms with Gasteiger partial charge in [0.2, 0.25) is 17.6 Å². The highest BCUT2D eigenvalue weighted by molar-refractivity contribution is 6.24. The summed E-state index contributed by atoms with van der Waals surface area (Å²) in [7, 11) is 0. The molecular weight excluding hydrogens is 430 g/mol. The van der Waals surface area contributed by atoms with Gasteiger partial charge in [0, 0.05) is 5.56 Å². The van der Waals surface area contributed by atoms with Crippen molar-refractivity contribution in [3.05, 3.63) is 77.9 Å². The number of carbonyl (C=O) groups is 4. The second kappa shape index (κ2) is 7.76. The molecule has 0 N–H and O–H groups in total. The Labute approximate surface area is 197 Å². The number of benzene rings is 2. The minimum Gasteiger partial charge on any atom is -0.450 e. The molecule has 2 saturated carbocycles. The number of imide groups is 1. The molecule has 34 heavy (non-hydrogen) atoms. The number of hydrogen-bond acceptors (Lipinski definition) is 5. The largest absolute Gasteiger partial charge is 0.450 e. The molecule has 7 rings (SSSR count). The molecule has 1 aliphatic heterocycles. The van der Waals surface area contributed by atoms with E-state index in [9.17, 15) is 19.2 Å². The first kappa shape index (κ1) is 21.0. The number of para-hydroxylation sites is 1. The van der Waals surface area contributed by atoms with Gasteiger partial charge in [0.1, 0.15) is 0 Å². The van der Waals surface area contributed by atoms with Gasteiger partial charge in [-0.2, -0.15) is 0 Å². The number of nitrogens with zero attached hydrogens (tertiary/aromatic N) is 1. The minimum atomic E-state index is -0.956. The number of ether oxygens (including phenoxy) is 1. The van der Waals surface area contributed by atoms with Crippen LogP contribution in [-0.4, -0.2) is 29.7 Å². The van der Waals surface area contributed by atoms with Crippen LogP contribution in [0.5, 0.6) is 0 Å². The molecule has 4 aliphatic carbocycles. The molecule has 6 nitrogen and oxygen atoms in total. The van der Waals surface area contributed by atoms with Crippen LogP contribution < -0.4 is 4.90 Å². The topological polar surface area (TPSA) is 80.8 Å². The summed E-state index contributed by atoms with van der Waals surface area (Å²) in [6.45, 7) is 1.77. The lowest BCUT2D eigenvalue weighted by Crippen LogP contribution is -2.40. The Morgan fingerprint density at radius 3 is 2.12 bits per heavy atom. The Balaban J connectivity index is 1.28. The summed E-state index contributed by atoms with van der Waals surface area (Å²) < 4.78 is 5.62. The van der Waals surface area contributed by atoms with E-state index in [0.717, 1.165) is 6.42 Å². The molecule has 172 valence electrons. The zero-order valence-electron chi connectivity index (χ0n) is 18.8. The van der Waals surface area contributed by atoms with Gasteiger partial charge in [-0.05, 0) is 48.6 Å². The van der Waals surface area contributed by atoms with E-state index in [2.05, 4.69) is 12.2 Å². The average molecular weight is 456 g/mol. The smallest absolute Gasteiger partial charge is 0.341 e. The molecule has 5 aliphatic rings. The van der Waals surface area contributed by atoms with Crippen molar-refractivity contribution in [2.75, 3.05) is 4.90 Å². The van der Waals surface area contributed by atoms with Crippen LogP contribution in [0, 0.1) is 35.5 Å². The summed E-state index contributed by atoms with van der Waals surface area (Å²) in [6.07, 6.45) is 4.69. The van der Waals surface area contributed by atoms with E-state index in [0.29, 0.717) is 23.8 Å². The molecule has 0 unspecified atom stereocenters. The van der Waals surface area contributed by atoms with E-state index in [1.54, 1.807) is 55.5 Å². The van der Waals surface area contributed by atoms with Gasteiger partial charge in [0.15, 0.2) is 6.10 Å². The molecule has 1 heterocycles. The Morgan fingerprint density at radius 2 is 1.50 bits per heavy atom. The van der Waals surface area contributed by atoms with Gasteiger partial charge in [-0.3, -0.25) is 14.4 Å². The van der Waals surface area contributed by atoms with Crippen LogP contribution in [0.2, 0.25) is 0 Å². The standard InChI is InChI=1S/C28H25NO5/c1-2-22(25(30)15-8-4-3-5-9-15)34-28(33)18-10-6-7-11-21(18)29-26(31)23-16-12-13-17(20-14-19(16)20)24(23)27(29)32/h3-13,16-17,19-20,22-24H,2,14H2,1H3/t16-,17-,19-,20+,22-,23-,24+/m0/s1. The maximum absolute atomic E-state index is 13.5. The predicted molar refractivity (Wildman–Crippen MR) is 124 cm³/mol. The third-order valence-corrected chi connectivity index (χ3v) is 8.00. The highest BCUT2D eigenvalue weighted by Gasteiger charge is 2.67. The number of anilines is 1. The molecule has 2 amide bonds. The maximum Gasteiger partial charge on any atom is 0.341 e. The predicted octanol–water partition coefficient (Wildman–Crippen LogP) is 4.06. The van der Waals surface area contributed by atoms with Gasteiger partial charge in [0.25, 0.3) is 0 Å². The van der Waals surface area contributed by atoms with Crippen molar-refractivity contribution in [2.24, 2.45) is 35.5 Å². The van der Waals surface area contributed by atoms with Crippen molar-refractivity contribution >= 4 is 29.3 Å². The Bertz CT molecular complexity index is 1200. The van der Waals surface area contributed by atoms with E-state index in [1.165, 1.54) is 4.90 Å². The first-order chi connectivity index (χ1) is 16.5. The first-order valence-electron chi connectivity index (χ1n) is 12.0. The summed E-state index contributed by atoms with van der Waals surface area (Å²) in [5, 5.41) is 0. The van der Waals surface area contributed by atoms with Crippen LogP contribution in [-0.2, 0) is 14.3 Å². The molecule has 1 saturated heterocycles. The fraction of sp³-hybridized carbons (Fsp3) is 0.357. The second-order valence-electron chi connectivity index (χ2n) is 9.72. The van der Waals surface area contributed by atoms with E-state index in [4.69, 9.17) is 4.74 Å². The number of carbonyl (C=O) groups excluding carboxylic acids is 4. The monoisotopic (exact) mass is 455 g/mol. The quantitative estimate of drug-likeness (QED) is 0.284. The lowest BCUT2D eigenvalue weighted by atomic mass is 9.63. The summed E-state index contributed by atoms with van der Waals surface area (Å²) in [6, 6.07) is 15.2. The number of allylic oxidation sites excluding steroid dienone is 2. The van der Waals surface area contributed by atoms with Crippen molar-refractivity contribution in [1.82, 2.24) is 0 Å². The summed E-state index contributed by atoms with van der Waals surface area (Å²) in [4.78, 5) is 54.3. The van der Waals surface area contributed by atoms with Crippen LogP contribution in [0.15, 0.2) is 66.7 Å². The second-order valence-corrected chi connectivity index (χ2v) is 9.72. The van der Waals surface area contributed by atoms with Crippen molar-refractivity contribution in [2.45, 2.75) is 25.9 Å². The Morgan fingerprint density at radius 1 is 0.912 bits per heavy atom. The number of Topliss-reactive ketones (excluding diaryl/α,β-unsaturated/α-hetero) is 1. The summed E-state index contributed by atoms with van der Waals surface area (Å²) >= 11 is 0. The normalized spacial score (nSPS) is 31.1. The Hall–Kier alpha value is -3.54. The van der Waals surface area contributed by atoms with Crippen molar-refractivity contribution in [1.29, 1.82) is 0 Å². The maximum atomic E-state index is 13.5. The van der Waals surface area contributed by atoms with Crippen LogP contribution in [0.25, 0.3) is 0 Å². The van der Waals surface area contributed by atoms with Crippen molar-refractivity contribution < 1.29 is 23.9 Å². The fourth-order valence-electron chi connectivity index (χ4n) is 6.34. The molecule has 3 fully saturated rings. The van der Waals surface area contributed by atoms with E-state index < -0.39 is 12.1 Å². The molecule has 6 heteroatoms. The molecule has 0 radical (unpaired) electrons. The number of esters is 1. The van der Waals surface area contributed by atoms with E-state index >= 15 is 0 Å². The Kier molecular flexibility index (Phi) is 4.80. The zero-order valence-corrected chi connectivity index (χ0v) is 18.8. The lowest BCUT2D eigenvalue weighted by molar-refractivity contribution is -0.124. The van der Waals surface area contributed by atoms with Crippen LogP contribution in [0.4, 0.5) is 5.69 Å². The SMILES string of the molecule is CC[C@H](OC(=O)c1ccccc1N1C(=O)[C@@H]2[C@H]3C=C[C@@H]([C@@H]4C[C@H]34)[C@@H]2C1=O)C(=O)c1ccccc1. The van der Waals surface area contributed by atoms with Crippen molar-refractivity contribution in [3.63, 3.8) is 0 Å². The van der Waals surface area contributed by atoms with Gasteiger partial charge in [-0.25, -0.2) is 9.69 Å². The first-order valence-corrected chi connectivity index (χ1v) is 12.0. The number of amides is 2. The third-order valence-electron chi connectivity index (χ3n) is 8.00. The lowest BCUT2D eigenvalue weighted by Gasteiger charge is -2.37. The van der Waals surface area contributed by atoms with Crippen LogP contribution >= 0.6 is 0 Å². The van der Waals surface area contributed by atoms with Crippen LogP contribution in [0.1, 0.15) is 40.5 Å². The molecule has 0 spiro atoms. The van der Waals surface area contributed by atoms with Gasteiger partial charge in [0.05, 0.1) is 23.1 Å². The van der Waals surface area contributed by atoms with Gasteiger partial charge >= 0.3 is 5.97 Å². The molecule has 7 atom stereocenters. The number of hydrogen-bond donors (Lipinski definition) is 0. The highest BCUT2D eigenvalue weighted by atomic mass is 16.5.